The van der Waals surface area contributed by atoms with Crippen molar-refractivity contribution >= 4 is 17.3 Å². The van der Waals surface area contributed by atoms with Crippen molar-refractivity contribution in [2.24, 2.45) is 0 Å². The van der Waals surface area contributed by atoms with Crippen molar-refractivity contribution in [2.45, 2.75) is 18.9 Å². The van der Waals surface area contributed by atoms with E-state index >= 15 is 0 Å². The molecule has 1 heterocycles. The number of pyridine rings is 1. The molecule has 0 fully saturated rings. The van der Waals surface area contributed by atoms with E-state index in [4.69, 9.17) is 11.5 Å². The number of nitrogens with one attached hydrogen (secondary N) is 1. The number of nitrogens with zero attached hydrogens (tertiary/aromatic N) is 1. The molecule has 0 saturated carbocycles. The zero-order chi connectivity index (χ0) is 9.97. The summed E-state index contributed by atoms with van der Waals surface area (Å²) in [6.45, 7) is 0. The van der Waals surface area contributed by atoms with Gasteiger partial charge in [-0.15, -0.1) is 0 Å². The molecule has 1 aliphatic rings. The molecule has 4 nitrogen and oxygen atoms in total. The molecule has 1 aromatic heterocycles. The van der Waals surface area contributed by atoms with Gasteiger partial charge in [0.2, 0.25) is 0 Å². The molecule has 1 aliphatic carbocycles. The Bertz CT molecular complexity index is 351. The van der Waals surface area contributed by atoms with Gasteiger partial charge >= 0.3 is 0 Å². The lowest BCUT2D eigenvalue weighted by Gasteiger charge is -2.13. The van der Waals surface area contributed by atoms with Crippen LogP contribution >= 0.6 is 0 Å². The lowest BCUT2D eigenvalue weighted by Crippen LogP contribution is -2.16. The molecule has 0 spiro atoms. The molecular formula is C10H14N4. The number of aromatic nitrogens is 1. The normalized spacial score (nSPS) is 16.0. The summed E-state index contributed by atoms with van der Waals surface area (Å²) < 4.78 is 0. The lowest BCUT2D eigenvalue weighted by atomic mass is 10.2. The molecule has 2 rings (SSSR count). The van der Waals surface area contributed by atoms with Crippen molar-refractivity contribution in [2.75, 3.05) is 16.8 Å². The van der Waals surface area contributed by atoms with Crippen LogP contribution in [0.3, 0.4) is 0 Å². The number of hydrogen-bond acceptors (Lipinski definition) is 4. The molecule has 74 valence electrons. The third kappa shape index (κ3) is 1.79. The van der Waals surface area contributed by atoms with Crippen molar-refractivity contribution in [1.29, 1.82) is 0 Å². The standard InChI is InChI=1S/C10H14N4/c11-8-5-6-9(14-10(8)12)13-7-3-1-2-4-7/h1-2,5-7H,3-4,11H2,(H3,12,13,14). The maximum Gasteiger partial charge on any atom is 0.149 e. The number of hydrogen-bond donors (Lipinski definition) is 3. The van der Waals surface area contributed by atoms with Gasteiger partial charge in [0, 0.05) is 6.04 Å². The maximum atomic E-state index is 5.60. The average molecular weight is 190 g/mol. The first-order chi connectivity index (χ1) is 6.75. The number of rotatable bonds is 2. The van der Waals surface area contributed by atoms with Crippen molar-refractivity contribution in [3.05, 3.63) is 24.3 Å². The summed E-state index contributed by atoms with van der Waals surface area (Å²) >= 11 is 0. The van der Waals surface area contributed by atoms with Crippen molar-refractivity contribution in [1.82, 2.24) is 4.98 Å². The maximum absolute atomic E-state index is 5.60. The molecule has 5 N–H and O–H groups in total. The van der Waals surface area contributed by atoms with Gasteiger partial charge in [0.25, 0.3) is 0 Å². The van der Waals surface area contributed by atoms with Crippen LogP contribution in [-0.2, 0) is 0 Å². The Kier molecular flexibility index (Phi) is 2.26. The fourth-order valence-corrected chi connectivity index (χ4v) is 1.51. The highest BCUT2D eigenvalue weighted by Crippen LogP contribution is 2.18. The van der Waals surface area contributed by atoms with E-state index in [9.17, 15) is 0 Å². The van der Waals surface area contributed by atoms with Crippen molar-refractivity contribution < 1.29 is 0 Å². The molecule has 0 saturated heterocycles. The van der Waals surface area contributed by atoms with Crippen LogP contribution in [0, 0.1) is 0 Å². The number of nitrogen functional groups attached to an aromatic ring is 2. The van der Waals surface area contributed by atoms with Gasteiger partial charge in [-0.3, -0.25) is 0 Å². The van der Waals surface area contributed by atoms with Crippen LogP contribution in [0.1, 0.15) is 12.8 Å². The van der Waals surface area contributed by atoms with Gasteiger partial charge < -0.3 is 16.8 Å². The van der Waals surface area contributed by atoms with E-state index < -0.39 is 0 Å². The second-order valence-corrected chi connectivity index (χ2v) is 3.46. The first-order valence-corrected chi connectivity index (χ1v) is 4.69. The van der Waals surface area contributed by atoms with E-state index in [-0.39, 0.29) is 0 Å². The molecule has 0 atom stereocenters. The molecule has 0 aliphatic heterocycles. The predicted octanol–water partition coefficient (Wildman–Crippen LogP) is 1.38. The SMILES string of the molecule is Nc1ccc(NC2CC=CC2)nc1N. The molecule has 1 aromatic rings. The summed E-state index contributed by atoms with van der Waals surface area (Å²) in [6.07, 6.45) is 6.43. The quantitative estimate of drug-likeness (QED) is 0.616. The van der Waals surface area contributed by atoms with E-state index in [2.05, 4.69) is 22.5 Å². The third-order valence-electron chi connectivity index (χ3n) is 2.32. The highest BCUT2D eigenvalue weighted by Gasteiger charge is 2.10. The van der Waals surface area contributed by atoms with Crippen LogP contribution in [0.15, 0.2) is 24.3 Å². The minimum absolute atomic E-state index is 0.390. The summed E-state index contributed by atoms with van der Waals surface area (Å²) in [5.74, 6) is 1.19. The predicted molar refractivity (Wildman–Crippen MR) is 58.8 cm³/mol. The first kappa shape index (κ1) is 8.87. The summed E-state index contributed by atoms with van der Waals surface area (Å²) in [4.78, 5) is 4.15. The molecule has 0 radical (unpaired) electrons. The van der Waals surface area contributed by atoms with Gasteiger partial charge in [0.1, 0.15) is 11.6 Å². The van der Waals surface area contributed by atoms with Crippen LogP contribution in [0.5, 0.6) is 0 Å². The van der Waals surface area contributed by atoms with Gasteiger partial charge in [0.05, 0.1) is 5.69 Å². The van der Waals surface area contributed by atoms with Gasteiger partial charge in [-0.2, -0.15) is 0 Å². The monoisotopic (exact) mass is 190 g/mol. The van der Waals surface area contributed by atoms with Crippen molar-refractivity contribution in [3.8, 4) is 0 Å². The van der Waals surface area contributed by atoms with Crippen LogP contribution in [0.2, 0.25) is 0 Å². The third-order valence-corrected chi connectivity index (χ3v) is 2.32. The van der Waals surface area contributed by atoms with Crippen LogP contribution in [-0.4, -0.2) is 11.0 Å². The van der Waals surface area contributed by atoms with Gasteiger partial charge in [-0.05, 0) is 25.0 Å². The van der Waals surface area contributed by atoms with Gasteiger partial charge in [0.15, 0.2) is 0 Å². The molecule has 0 amide bonds. The van der Waals surface area contributed by atoms with E-state index in [0.717, 1.165) is 18.7 Å². The Morgan fingerprint density at radius 2 is 1.93 bits per heavy atom. The molecule has 4 heteroatoms. The highest BCUT2D eigenvalue weighted by atomic mass is 15.0. The summed E-state index contributed by atoms with van der Waals surface area (Å²) in [7, 11) is 0. The molecule has 0 aromatic carbocycles. The highest BCUT2D eigenvalue weighted by molar-refractivity contribution is 5.61. The fraction of sp³-hybridized carbons (Fsp3) is 0.300. The Labute approximate surface area is 83.0 Å². The number of anilines is 3. The molecular weight excluding hydrogens is 176 g/mol. The Morgan fingerprint density at radius 3 is 2.57 bits per heavy atom. The topological polar surface area (TPSA) is 77.0 Å². The van der Waals surface area contributed by atoms with Crippen LogP contribution < -0.4 is 16.8 Å². The van der Waals surface area contributed by atoms with Crippen LogP contribution in [0.4, 0.5) is 17.3 Å². The van der Waals surface area contributed by atoms with E-state index in [1.54, 1.807) is 6.07 Å². The Balaban J connectivity index is 2.06. The second kappa shape index (κ2) is 3.57. The van der Waals surface area contributed by atoms with Crippen LogP contribution in [0.25, 0.3) is 0 Å². The van der Waals surface area contributed by atoms with Crippen molar-refractivity contribution in [3.63, 3.8) is 0 Å². The molecule has 14 heavy (non-hydrogen) atoms. The summed E-state index contributed by atoms with van der Waals surface area (Å²) in [6, 6.07) is 4.07. The first-order valence-electron chi connectivity index (χ1n) is 4.69. The molecule has 0 bridgehead atoms. The van der Waals surface area contributed by atoms with Gasteiger partial charge in [-0.1, -0.05) is 12.2 Å². The van der Waals surface area contributed by atoms with E-state index in [0.29, 0.717) is 17.5 Å². The average Bonchev–Trinajstić information content (AvgIpc) is 2.64. The van der Waals surface area contributed by atoms with E-state index in [1.807, 2.05) is 6.07 Å². The lowest BCUT2D eigenvalue weighted by molar-refractivity contribution is 0.781. The largest absolute Gasteiger partial charge is 0.396 e. The zero-order valence-corrected chi connectivity index (χ0v) is 7.90. The summed E-state index contributed by atoms with van der Waals surface area (Å²) in [5, 5.41) is 3.30. The Morgan fingerprint density at radius 1 is 1.21 bits per heavy atom. The fourth-order valence-electron chi connectivity index (χ4n) is 1.51. The number of nitrogens with two attached hydrogens (primary N) is 2. The smallest absolute Gasteiger partial charge is 0.149 e. The van der Waals surface area contributed by atoms with Gasteiger partial charge in [-0.25, -0.2) is 4.98 Å². The Hall–Kier alpha value is -1.71. The second-order valence-electron chi connectivity index (χ2n) is 3.46. The minimum atomic E-state index is 0.390. The zero-order valence-electron chi connectivity index (χ0n) is 7.90. The van der Waals surface area contributed by atoms with E-state index in [1.165, 1.54) is 0 Å². The minimum Gasteiger partial charge on any atom is -0.396 e. The molecule has 0 unspecified atom stereocenters. The summed E-state index contributed by atoms with van der Waals surface area (Å²) in [5.41, 5.74) is 11.7.